The van der Waals surface area contributed by atoms with Gasteiger partial charge in [0.05, 0.1) is 5.41 Å². The Hall–Kier alpha value is -2.46. The third kappa shape index (κ3) is 5.70. The van der Waals surface area contributed by atoms with Crippen molar-refractivity contribution in [1.29, 1.82) is 0 Å². The SMILES string of the molecule is CCc1cccc(CC)c1C1(C)C=C(C2CCN(CC)CC2)C(C(C)C)=CC1Oc1cc(C)nc(C)n1. The molecule has 4 nitrogen and oxygen atoms in total. The standard InChI is InChI=1S/C33H47N3O/c1-9-25-13-12-14-26(10-2)32(25)33(8)21-29(27-15-17-36(11-3)18-16-27)28(22(4)5)20-30(33)37-31-19-23(6)34-24(7)35-31/h12-14,19-22,27,30H,9-11,15-18H2,1-8H3. The molecule has 1 aliphatic carbocycles. The van der Waals surface area contributed by atoms with E-state index >= 15 is 0 Å². The van der Waals surface area contributed by atoms with E-state index in [1.165, 1.54) is 48.2 Å². The second-order valence-electron chi connectivity index (χ2n) is 11.5. The summed E-state index contributed by atoms with van der Waals surface area (Å²) in [5, 5.41) is 0. The predicted octanol–water partition coefficient (Wildman–Crippen LogP) is 7.18. The summed E-state index contributed by atoms with van der Waals surface area (Å²) in [5.74, 6) is 2.45. The second kappa shape index (κ2) is 11.5. The van der Waals surface area contributed by atoms with E-state index in [2.05, 4.69) is 86.8 Å². The van der Waals surface area contributed by atoms with E-state index in [1.54, 1.807) is 5.57 Å². The molecule has 0 bridgehead atoms. The van der Waals surface area contributed by atoms with Crippen LogP contribution in [-0.2, 0) is 18.3 Å². The number of rotatable bonds is 8. The summed E-state index contributed by atoms with van der Waals surface area (Å²) < 4.78 is 6.86. The van der Waals surface area contributed by atoms with Crippen molar-refractivity contribution in [3.63, 3.8) is 0 Å². The molecule has 2 aromatic rings. The molecule has 2 atom stereocenters. The zero-order chi connectivity index (χ0) is 26.7. The number of piperidine rings is 1. The maximum Gasteiger partial charge on any atom is 0.217 e. The lowest BCUT2D eigenvalue weighted by Crippen LogP contribution is -2.44. The molecule has 2 unspecified atom stereocenters. The van der Waals surface area contributed by atoms with Crippen LogP contribution in [0.15, 0.2) is 47.6 Å². The topological polar surface area (TPSA) is 38.2 Å². The van der Waals surface area contributed by atoms with Gasteiger partial charge in [0.25, 0.3) is 0 Å². The summed E-state index contributed by atoms with van der Waals surface area (Å²) in [6.07, 6.45) is 9.40. The van der Waals surface area contributed by atoms with Crippen molar-refractivity contribution in [1.82, 2.24) is 14.9 Å². The molecule has 200 valence electrons. The van der Waals surface area contributed by atoms with Crippen molar-refractivity contribution in [2.45, 2.75) is 92.6 Å². The van der Waals surface area contributed by atoms with Gasteiger partial charge >= 0.3 is 0 Å². The molecule has 0 amide bonds. The summed E-state index contributed by atoms with van der Waals surface area (Å²) in [7, 11) is 0. The smallest absolute Gasteiger partial charge is 0.217 e. The first-order chi connectivity index (χ1) is 17.7. The summed E-state index contributed by atoms with van der Waals surface area (Å²) in [6, 6.07) is 8.82. The van der Waals surface area contributed by atoms with Crippen LogP contribution in [0.25, 0.3) is 0 Å². The number of hydrogen-bond donors (Lipinski definition) is 0. The Bertz CT molecular complexity index is 1110. The van der Waals surface area contributed by atoms with Crippen LogP contribution in [0.1, 0.15) is 82.6 Å². The Morgan fingerprint density at radius 2 is 1.68 bits per heavy atom. The first-order valence-electron chi connectivity index (χ1n) is 14.5. The molecule has 0 N–H and O–H groups in total. The van der Waals surface area contributed by atoms with Crippen LogP contribution in [0, 0.1) is 25.7 Å². The van der Waals surface area contributed by atoms with Crippen molar-refractivity contribution in [2.75, 3.05) is 19.6 Å². The first-order valence-corrected chi connectivity index (χ1v) is 14.5. The summed E-state index contributed by atoms with van der Waals surface area (Å²) in [5.41, 5.74) is 7.93. The van der Waals surface area contributed by atoms with Crippen molar-refractivity contribution in [3.8, 4) is 5.88 Å². The minimum Gasteiger partial charge on any atom is -0.469 e. The monoisotopic (exact) mass is 501 g/mol. The van der Waals surface area contributed by atoms with Crippen LogP contribution < -0.4 is 4.74 Å². The normalized spacial score (nSPS) is 23.2. The Balaban J connectivity index is 1.88. The molecule has 0 radical (unpaired) electrons. The summed E-state index contributed by atoms with van der Waals surface area (Å²) >= 11 is 0. The molecule has 1 saturated heterocycles. The molecule has 37 heavy (non-hydrogen) atoms. The molecule has 0 saturated carbocycles. The molecule has 1 aromatic heterocycles. The number of likely N-dealkylation sites (tertiary alicyclic amines) is 1. The fourth-order valence-corrected chi connectivity index (χ4v) is 6.54. The fourth-order valence-electron chi connectivity index (χ4n) is 6.54. The van der Waals surface area contributed by atoms with E-state index in [1.807, 2.05) is 19.9 Å². The quantitative estimate of drug-likeness (QED) is 0.384. The fraction of sp³-hybridized carbons (Fsp3) is 0.576. The van der Waals surface area contributed by atoms with Crippen molar-refractivity contribution < 1.29 is 4.74 Å². The third-order valence-corrected chi connectivity index (χ3v) is 8.54. The van der Waals surface area contributed by atoms with Gasteiger partial charge in [0, 0.05) is 11.8 Å². The molecule has 2 aliphatic rings. The van der Waals surface area contributed by atoms with E-state index < -0.39 is 0 Å². The number of aromatic nitrogens is 2. The molecule has 0 spiro atoms. The average molecular weight is 502 g/mol. The van der Waals surface area contributed by atoms with Gasteiger partial charge in [-0.1, -0.05) is 58.9 Å². The van der Waals surface area contributed by atoms with Crippen LogP contribution in [0.2, 0.25) is 0 Å². The van der Waals surface area contributed by atoms with Crippen LogP contribution in [0.5, 0.6) is 5.88 Å². The minimum atomic E-state index is -0.291. The molecule has 4 rings (SSSR count). The molecule has 4 heteroatoms. The third-order valence-electron chi connectivity index (χ3n) is 8.54. The molecule has 1 aliphatic heterocycles. The first kappa shape index (κ1) is 27.6. The van der Waals surface area contributed by atoms with Gasteiger partial charge in [-0.15, -0.1) is 0 Å². The molecule has 2 heterocycles. The number of aryl methyl sites for hydroxylation is 4. The molecular weight excluding hydrogens is 454 g/mol. The van der Waals surface area contributed by atoms with Gasteiger partial charge in [0.1, 0.15) is 11.9 Å². The van der Waals surface area contributed by atoms with E-state index in [9.17, 15) is 0 Å². The largest absolute Gasteiger partial charge is 0.469 e. The van der Waals surface area contributed by atoms with Crippen LogP contribution in [0.3, 0.4) is 0 Å². The van der Waals surface area contributed by atoms with Gasteiger partial charge < -0.3 is 9.64 Å². The number of benzene rings is 1. The van der Waals surface area contributed by atoms with Crippen LogP contribution in [0.4, 0.5) is 0 Å². The number of ether oxygens (including phenoxy) is 1. The maximum atomic E-state index is 6.86. The Kier molecular flexibility index (Phi) is 8.58. The van der Waals surface area contributed by atoms with Crippen LogP contribution in [-0.4, -0.2) is 40.6 Å². The Morgan fingerprint density at radius 1 is 1.03 bits per heavy atom. The van der Waals surface area contributed by atoms with Gasteiger partial charge in [0.2, 0.25) is 5.88 Å². The lowest BCUT2D eigenvalue weighted by Gasteiger charge is -2.44. The van der Waals surface area contributed by atoms with Gasteiger partial charge in [-0.05, 0) is 112 Å². The molecular formula is C33H47N3O. The van der Waals surface area contributed by atoms with Crippen LogP contribution >= 0.6 is 0 Å². The molecule has 1 aromatic carbocycles. The second-order valence-corrected chi connectivity index (χ2v) is 11.5. The van der Waals surface area contributed by atoms with Crippen molar-refractivity contribution in [3.05, 3.63) is 75.8 Å². The zero-order valence-electron chi connectivity index (χ0n) is 24.4. The molecule has 1 fully saturated rings. The number of allylic oxidation sites excluding steroid dienone is 2. The summed E-state index contributed by atoms with van der Waals surface area (Å²) in [4.78, 5) is 11.8. The Labute approximate surface area is 225 Å². The van der Waals surface area contributed by atoms with Crippen molar-refractivity contribution >= 4 is 0 Å². The van der Waals surface area contributed by atoms with E-state index in [0.29, 0.717) is 17.7 Å². The minimum absolute atomic E-state index is 0.143. The average Bonchev–Trinajstić information content (AvgIpc) is 2.88. The maximum absolute atomic E-state index is 6.86. The van der Waals surface area contributed by atoms with Gasteiger partial charge in [-0.2, -0.15) is 4.98 Å². The van der Waals surface area contributed by atoms with Gasteiger partial charge in [-0.25, -0.2) is 4.98 Å². The van der Waals surface area contributed by atoms with Crippen molar-refractivity contribution in [2.24, 2.45) is 11.8 Å². The summed E-state index contributed by atoms with van der Waals surface area (Å²) in [6.45, 7) is 21.4. The lowest BCUT2D eigenvalue weighted by atomic mass is 9.65. The van der Waals surface area contributed by atoms with E-state index in [0.717, 1.165) is 30.9 Å². The van der Waals surface area contributed by atoms with E-state index in [4.69, 9.17) is 4.74 Å². The number of hydrogen-bond acceptors (Lipinski definition) is 4. The zero-order valence-corrected chi connectivity index (χ0v) is 24.4. The highest BCUT2D eigenvalue weighted by molar-refractivity contribution is 5.53. The highest BCUT2D eigenvalue weighted by atomic mass is 16.5. The van der Waals surface area contributed by atoms with E-state index in [-0.39, 0.29) is 11.5 Å². The van der Waals surface area contributed by atoms with Gasteiger partial charge in [-0.3, -0.25) is 0 Å². The highest BCUT2D eigenvalue weighted by Crippen LogP contribution is 2.46. The lowest BCUT2D eigenvalue weighted by molar-refractivity contribution is 0.168. The highest BCUT2D eigenvalue weighted by Gasteiger charge is 2.43. The Morgan fingerprint density at radius 3 is 2.22 bits per heavy atom. The predicted molar refractivity (Wildman–Crippen MR) is 154 cm³/mol. The van der Waals surface area contributed by atoms with Gasteiger partial charge in [0.15, 0.2) is 0 Å². The number of nitrogens with zero attached hydrogens (tertiary/aromatic N) is 3.